The van der Waals surface area contributed by atoms with E-state index in [2.05, 4.69) is 46.0 Å². The quantitative estimate of drug-likeness (QED) is 0.296. The van der Waals surface area contributed by atoms with E-state index < -0.39 is 12.4 Å². The Bertz CT molecular complexity index is 803. The maximum absolute atomic E-state index is 12.0. The number of hydrogen-bond donors (Lipinski definition) is 2. The van der Waals surface area contributed by atoms with Gasteiger partial charge in [0.1, 0.15) is 6.42 Å². The standard InChI is InChI=1S/C30H49NO3/c1-19(2)7-6-8-20(3)24-11-12-25-23-10-9-21-17-22(31-27(32)18-28(33)34)13-15-29(21,4)26(23)14-16-30(24,25)5/h9,19-20,22-26H,6-8,10-18H2,1-5H3,(H,31,32)(H,33,34)/t20-,22+,23+,24?,25+,26+,29+,30-/m1/s1. The topological polar surface area (TPSA) is 66.4 Å². The number of allylic oxidation sites excluding steroid dienone is 1. The number of carboxylic acids is 1. The lowest BCUT2D eigenvalue weighted by molar-refractivity contribution is -0.141. The van der Waals surface area contributed by atoms with Crippen LogP contribution < -0.4 is 5.32 Å². The molecule has 0 aromatic rings. The molecule has 4 aliphatic rings. The van der Waals surface area contributed by atoms with Crippen molar-refractivity contribution in [3.05, 3.63) is 11.6 Å². The second-order valence-electron chi connectivity index (χ2n) is 13.4. The summed E-state index contributed by atoms with van der Waals surface area (Å²) in [6, 6.07) is 0.0964. The van der Waals surface area contributed by atoms with Crippen molar-refractivity contribution in [2.24, 2.45) is 46.3 Å². The van der Waals surface area contributed by atoms with Gasteiger partial charge >= 0.3 is 5.97 Å². The number of carbonyl (C=O) groups excluding carboxylic acids is 1. The number of amides is 1. The fourth-order valence-electron chi connectivity index (χ4n) is 9.22. The predicted octanol–water partition coefficient (Wildman–Crippen LogP) is 6.99. The highest BCUT2D eigenvalue weighted by Crippen LogP contribution is 2.67. The van der Waals surface area contributed by atoms with Crippen LogP contribution in [0.1, 0.15) is 112 Å². The molecule has 0 aromatic carbocycles. The van der Waals surface area contributed by atoms with Crippen molar-refractivity contribution in [3.8, 4) is 0 Å². The summed E-state index contributed by atoms with van der Waals surface area (Å²) in [5, 5.41) is 11.9. The molecule has 4 aliphatic carbocycles. The van der Waals surface area contributed by atoms with Crippen molar-refractivity contribution >= 4 is 11.9 Å². The van der Waals surface area contributed by atoms with Gasteiger partial charge < -0.3 is 10.4 Å². The van der Waals surface area contributed by atoms with Crippen LogP contribution >= 0.6 is 0 Å². The normalized spacial score (nSPS) is 40.1. The molecule has 1 unspecified atom stereocenters. The molecule has 4 heteroatoms. The number of rotatable bonds is 8. The van der Waals surface area contributed by atoms with E-state index in [-0.39, 0.29) is 17.4 Å². The first-order valence-electron chi connectivity index (χ1n) is 14.2. The Morgan fingerprint density at radius 3 is 2.53 bits per heavy atom. The Morgan fingerprint density at radius 2 is 1.82 bits per heavy atom. The van der Waals surface area contributed by atoms with Gasteiger partial charge in [-0.1, -0.05) is 65.5 Å². The summed E-state index contributed by atoms with van der Waals surface area (Å²) in [6.07, 6.45) is 16.1. The number of hydrogen-bond acceptors (Lipinski definition) is 2. The van der Waals surface area contributed by atoms with Crippen LogP contribution in [0.25, 0.3) is 0 Å². The fourth-order valence-corrected chi connectivity index (χ4v) is 9.22. The largest absolute Gasteiger partial charge is 0.481 e. The van der Waals surface area contributed by atoms with E-state index in [4.69, 9.17) is 5.11 Å². The van der Waals surface area contributed by atoms with Gasteiger partial charge in [0, 0.05) is 6.04 Å². The molecule has 4 nitrogen and oxygen atoms in total. The Morgan fingerprint density at radius 1 is 1.06 bits per heavy atom. The number of carboxylic acid groups (broad SMARTS) is 1. The van der Waals surface area contributed by atoms with Crippen molar-refractivity contribution < 1.29 is 14.7 Å². The molecule has 1 amide bonds. The van der Waals surface area contributed by atoms with Crippen LogP contribution in [0.15, 0.2) is 11.6 Å². The third-order valence-corrected chi connectivity index (χ3v) is 11.0. The minimum atomic E-state index is -1.05. The van der Waals surface area contributed by atoms with E-state index in [0.717, 1.165) is 54.8 Å². The first-order valence-corrected chi connectivity index (χ1v) is 14.2. The van der Waals surface area contributed by atoms with Gasteiger partial charge in [-0.2, -0.15) is 0 Å². The van der Waals surface area contributed by atoms with E-state index in [0.29, 0.717) is 5.41 Å². The summed E-state index contributed by atoms with van der Waals surface area (Å²) in [6.45, 7) is 12.4. The fraction of sp³-hybridized carbons (Fsp3) is 0.867. The zero-order valence-electron chi connectivity index (χ0n) is 22.4. The molecule has 8 atom stereocenters. The summed E-state index contributed by atoms with van der Waals surface area (Å²) in [4.78, 5) is 22.9. The Balaban J connectivity index is 1.43. The van der Waals surface area contributed by atoms with Gasteiger partial charge in [0.05, 0.1) is 0 Å². The highest BCUT2D eigenvalue weighted by Gasteiger charge is 2.59. The minimum absolute atomic E-state index is 0.0964. The van der Waals surface area contributed by atoms with E-state index in [1.807, 2.05) is 0 Å². The molecule has 0 saturated heterocycles. The number of carbonyl (C=O) groups is 2. The third-order valence-electron chi connectivity index (χ3n) is 11.0. The monoisotopic (exact) mass is 471 g/mol. The average molecular weight is 472 g/mol. The van der Waals surface area contributed by atoms with Crippen LogP contribution in [0, 0.1) is 46.3 Å². The summed E-state index contributed by atoms with van der Waals surface area (Å²) in [7, 11) is 0. The van der Waals surface area contributed by atoms with Crippen molar-refractivity contribution in [1.82, 2.24) is 5.32 Å². The number of nitrogens with one attached hydrogen (secondary N) is 1. The highest BCUT2D eigenvalue weighted by molar-refractivity contribution is 5.93. The van der Waals surface area contributed by atoms with Crippen LogP contribution in [0.3, 0.4) is 0 Å². The number of aliphatic carboxylic acids is 1. The molecule has 0 spiro atoms. The first kappa shape index (κ1) is 25.8. The molecule has 4 rings (SSSR count). The molecular formula is C30H49NO3. The average Bonchev–Trinajstić information content (AvgIpc) is 3.10. The molecule has 0 radical (unpaired) electrons. The summed E-state index contributed by atoms with van der Waals surface area (Å²) < 4.78 is 0. The van der Waals surface area contributed by atoms with Crippen LogP contribution in [0.4, 0.5) is 0 Å². The predicted molar refractivity (Wildman–Crippen MR) is 137 cm³/mol. The Labute approximate surface area is 207 Å². The van der Waals surface area contributed by atoms with Gasteiger partial charge in [0.15, 0.2) is 0 Å². The second-order valence-corrected chi connectivity index (χ2v) is 13.4. The lowest BCUT2D eigenvalue weighted by Crippen LogP contribution is -2.52. The lowest BCUT2D eigenvalue weighted by Gasteiger charge is -2.58. The van der Waals surface area contributed by atoms with Gasteiger partial charge in [-0.25, -0.2) is 0 Å². The van der Waals surface area contributed by atoms with E-state index in [1.165, 1.54) is 51.4 Å². The third kappa shape index (κ3) is 4.85. The molecule has 2 N–H and O–H groups in total. The lowest BCUT2D eigenvalue weighted by atomic mass is 9.47. The Hall–Kier alpha value is -1.32. The molecule has 3 saturated carbocycles. The smallest absolute Gasteiger partial charge is 0.312 e. The molecule has 3 fully saturated rings. The van der Waals surface area contributed by atoms with E-state index in [9.17, 15) is 9.59 Å². The van der Waals surface area contributed by atoms with Crippen LogP contribution in [0.2, 0.25) is 0 Å². The van der Waals surface area contributed by atoms with E-state index in [1.54, 1.807) is 5.57 Å². The summed E-state index contributed by atoms with van der Waals surface area (Å²) in [5.74, 6) is 3.63. The maximum atomic E-state index is 12.0. The molecule has 0 heterocycles. The van der Waals surface area contributed by atoms with Gasteiger partial charge in [-0.3, -0.25) is 9.59 Å². The van der Waals surface area contributed by atoms with Gasteiger partial charge in [-0.05, 0) is 97.7 Å². The maximum Gasteiger partial charge on any atom is 0.312 e. The Kier molecular flexibility index (Phi) is 7.56. The minimum Gasteiger partial charge on any atom is -0.481 e. The van der Waals surface area contributed by atoms with Crippen molar-refractivity contribution in [1.29, 1.82) is 0 Å². The zero-order chi connectivity index (χ0) is 24.7. The SMILES string of the molecule is CC(C)CCC[C@@H](C)C1CC[C@H]2[C@@H]3CC=C4C[C@@H](NC(=O)CC(=O)O)CC[C@]4(C)[C@H]3CC[C@]12C. The van der Waals surface area contributed by atoms with Crippen molar-refractivity contribution in [2.75, 3.05) is 0 Å². The summed E-state index contributed by atoms with van der Waals surface area (Å²) in [5.41, 5.74) is 2.32. The second kappa shape index (κ2) is 9.97. The van der Waals surface area contributed by atoms with Crippen LogP contribution in [0.5, 0.6) is 0 Å². The molecule has 192 valence electrons. The first-order chi connectivity index (χ1) is 16.0. The molecular weight excluding hydrogens is 422 g/mol. The van der Waals surface area contributed by atoms with Gasteiger partial charge in [0.2, 0.25) is 5.91 Å². The number of fused-ring (bicyclic) bond motifs is 5. The summed E-state index contributed by atoms with van der Waals surface area (Å²) >= 11 is 0. The van der Waals surface area contributed by atoms with Crippen molar-refractivity contribution in [2.45, 2.75) is 118 Å². The molecule has 0 aromatic heterocycles. The van der Waals surface area contributed by atoms with Gasteiger partial charge in [0.25, 0.3) is 0 Å². The van der Waals surface area contributed by atoms with Crippen LogP contribution in [-0.2, 0) is 9.59 Å². The van der Waals surface area contributed by atoms with Crippen LogP contribution in [-0.4, -0.2) is 23.0 Å². The molecule has 0 aliphatic heterocycles. The zero-order valence-corrected chi connectivity index (χ0v) is 22.4. The molecule has 0 bridgehead atoms. The molecule has 34 heavy (non-hydrogen) atoms. The van der Waals surface area contributed by atoms with Gasteiger partial charge in [-0.15, -0.1) is 0 Å². The van der Waals surface area contributed by atoms with E-state index >= 15 is 0 Å². The highest BCUT2D eigenvalue weighted by atomic mass is 16.4. The van der Waals surface area contributed by atoms with Crippen molar-refractivity contribution in [3.63, 3.8) is 0 Å².